The number of nitrogens with zero attached hydrogens (tertiary/aromatic N) is 3. The second-order valence-corrected chi connectivity index (χ2v) is 6.10. The molecule has 0 unspecified atom stereocenters. The van der Waals surface area contributed by atoms with E-state index in [2.05, 4.69) is 5.16 Å². The Labute approximate surface area is 154 Å². The number of fused-ring (bicyclic) bond motifs is 1. The number of methoxy groups -OCH3 is 1. The minimum atomic E-state index is -0.695. The Kier molecular flexibility index (Phi) is 4.98. The minimum Gasteiger partial charge on any atom is -0.497 e. The van der Waals surface area contributed by atoms with Crippen molar-refractivity contribution in [3.05, 3.63) is 68.5 Å². The van der Waals surface area contributed by atoms with Crippen LogP contribution in [0.4, 0.5) is 5.69 Å². The van der Waals surface area contributed by atoms with Gasteiger partial charge in [0.05, 0.1) is 7.11 Å². The summed E-state index contributed by atoms with van der Waals surface area (Å²) >= 11 is 0. The van der Waals surface area contributed by atoms with Crippen molar-refractivity contribution in [2.45, 2.75) is 6.54 Å². The standard InChI is InChI=1S/C19H18N3O5/c1-21(2)12-6-8-22(9-7-12)11-16(23)27-20-17-18(24)14-5-4-13(26-3)10-15(14)19(17)25/h4-10H,11H2,1-3H3/q+1. The molecule has 3 aromatic rings. The van der Waals surface area contributed by atoms with Crippen molar-refractivity contribution in [3.63, 3.8) is 0 Å². The molecule has 0 fully saturated rings. The monoisotopic (exact) mass is 368 g/mol. The molecule has 0 atom stereocenters. The zero-order valence-electron chi connectivity index (χ0n) is 15.1. The molecule has 0 aliphatic rings. The Bertz CT molecular complexity index is 1140. The molecule has 0 aliphatic heterocycles. The summed E-state index contributed by atoms with van der Waals surface area (Å²) in [6.45, 7) is -0.104. The van der Waals surface area contributed by atoms with Gasteiger partial charge in [0.2, 0.25) is 17.4 Å². The first-order valence-corrected chi connectivity index (χ1v) is 8.12. The van der Waals surface area contributed by atoms with Gasteiger partial charge >= 0.3 is 5.97 Å². The van der Waals surface area contributed by atoms with Crippen LogP contribution in [-0.4, -0.2) is 27.2 Å². The van der Waals surface area contributed by atoms with E-state index in [1.165, 1.54) is 19.2 Å². The molecule has 1 heterocycles. The maximum Gasteiger partial charge on any atom is 0.399 e. The number of carbonyl (C=O) groups is 1. The van der Waals surface area contributed by atoms with Crippen molar-refractivity contribution in [2.75, 3.05) is 26.1 Å². The van der Waals surface area contributed by atoms with Gasteiger partial charge in [0, 0.05) is 42.7 Å². The van der Waals surface area contributed by atoms with Crippen molar-refractivity contribution in [1.29, 1.82) is 0 Å². The SMILES string of the molecule is COc1ccc2c(=O)c(=NOC(=O)C[n+]3ccc(N(C)C)cc3)c(=O)c2c1. The van der Waals surface area contributed by atoms with E-state index in [-0.39, 0.29) is 17.3 Å². The van der Waals surface area contributed by atoms with Crippen molar-refractivity contribution < 1.29 is 18.9 Å². The molecule has 8 nitrogen and oxygen atoms in total. The van der Waals surface area contributed by atoms with Crippen molar-refractivity contribution >= 4 is 22.4 Å². The summed E-state index contributed by atoms with van der Waals surface area (Å²) in [5, 5.41) is 3.48. The number of benzene rings is 1. The summed E-state index contributed by atoms with van der Waals surface area (Å²) in [5.41, 5.74) is -0.187. The number of hydrogen-bond donors (Lipinski definition) is 0. The summed E-state index contributed by atoms with van der Waals surface area (Å²) in [5.74, 6) is -0.245. The topological polar surface area (TPSA) is 89.2 Å². The lowest BCUT2D eigenvalue weighted by Gasteiger charge is -2.10. The Balaban J connectivity index is 1.82. The molecule has 0 saturated carbocycles. The Morgan fingerprint density at radius 1 is 1.07 bits per heavy atom. The van der Waals surface area contributed by atoms with E-state index < -0.39 is 22.2 Å². The van der Waals surface area contributed by atoms with Crippen LogP contribution in [0, 0.1) is 0 Å². The van der Waals surface area contributed by atoms with Gasteiger partial charge in [0.1, 0.15) is 5.75 Å². The minimum absolute atomic E-state index is 0.104. The van der Waals surface area contributed by atoms with Gasteiger partial charge in [-0.3, -0.25) is 9.59 Å². The van der Waals surface area contributed by atoms with Crippen LogP contribution >= 0.6 is 0 Å². The van der Waals surface area contributed by atoms with Crippen LogP contribution < -0.4 is 30.4 Å². The summed E-state index contributed by atoms with van der Waals surface area (Å²) in [6, 6.07) is 8.20. The van der Waals surface area contributed by atoms with Gasteiger partial charge in [0.15, 0.2) is 17.8 Å². The second kappa shape index (κ2) is 7.36. The maximum atomic E-state index is 12.3. The van der Waals surface area contributed by atoms with Gasteiger partial charge in [-0.05, 0) is 18.2 Å². The largest absolute Gasteiger partial charge is 0.497 e. The van der Waals surface area contributed by atoms with E-state index >= 15 is 0 Å². The summed E-state index contributed by atoms with van der Waals surface area (Å²) in [6.07, 6.45) is 3.44. The Morgan fingerprint density at radius 3 is 2.37 bits per heavy atom. The molecule has 0 radical (unpaired) electrons. The lowest BCUT2D eigenvalue weighted by atomic mass is 10.2. The van der Waals surface area contributed by atoms with Crippen LogP contribution in [0.15, 0.2) is 57.5 Å². The summed E-state index contributed by atoms with van der Waals surface area (Å²) in [4.78, 5) is 43.3. The number of aromatic nitrogens is 1. The highest BCUT2D eigenvalue weighted by Gasteiger charge is 2.15. The molecular formula is C19H18N3O5+. The first-order valence-electron chi connectivity index (χ1n) is 8.12. The number of anilines is 1. The van der Waals surface area contributed by atoms with Crippen LogP contribution in [-0.2, 0) is 16.2 Å². The van der Waals surface area contributed by atoms with Gasteiger partial charge in [0.25, 0.3) is 0 Å². The normalized spacial score (nSPS) is 11.6. The lowest BCUT2D eigenvalue weighted by Crippen LogP contribution is -2.38. The molecule has 2 aromatic carbocycles. The first kappa shape index (κ1) is 18.2. The predicted molar refractivity (Wildman–Crippen MR) is 98.0 cm³/mol. The van der Waals surface area contributed by atoms with Crippen LogP contribution in [0.5, 0.6) is 5.75 Å². The summed E-state index contributed by atoms with van der Waals surface area (Å²) in [7, 11) is 5.28. The molecule has 8 heteroatoms. The van der Waals surface area contributed by atoms with Crippen LogP contribution in [0.2, 0.25) is 0 Å². The number of pyridine rings is 1. The Hall–Kier alpha value is -3.55. The average molecular weight is 368 g/mol. The molecule has 0 N–H and O–H groups in total. The van der Waals surface area contributed by atoms with E-state index in [0.29, 0.717) is 5.75 Å². The molecule has 0 bridgehead atoms. The maximum absolute atomic E-state index is 12.3. The van der Waals surface area contributed by atoms with Gasteiger partial charge in [-0.15, -0.1) is 0 Å². The van der Waals surface area contributed by atoms with Gasteiger partial charge in [-0.1, -0.05) is 5.16 Å². The first-order chi connectivity index (χ1) is 12.9. The third-order valence-electron chi connectivity index (χ3n) is 4.09. The molecule has 0 aliphatic carbocycles. The summed E-state index contributed by atoms with van der Waals surface area (Å²) < 4.78 is 6.66. The fourth-order valence-corrected chi connectivity index (χ4v) is 2.60. The molecule has 27 heavy (non-hydrogen) atoms. The molecule has 0 amide bonds. The number of hydrogen-bond acceptors (Lipinski definition) is 7. The van der Waals surface area contributed by atoms with Crippen molar-refractivity contribution in [3.8, 4) is 5.75 Å². The Morgan fingerprint density at radius 2 is 1.74 bits per heavy atom. The number of ether oxygens (including phenoxy) is 1. The number of rotatable bonds is 5. The van der Waals surface area contributed by atoms with Gasteiger partial charge in [-0.2, -0.15) is 4.57 Å². The van der Waals surface area contributed by atoms with E-state index in [1.807, 2.05) is 31.1 Å². The average Bonchev–Trinajstić information content (AvgIpc) is 2.90. The molecule has 0 spiro atoms. The van der Waals surface area contributed by atoms with Crippen LogP contribution in [0.3, 0.4) is 0 Å². The van der Waals surface area contributed by atoms with Crippen LogP contribution in [0.25, 0.3) is 10.8 Å². The zero-order chi connectivity index (χ0) is 19.6. The van der Waals surface area contributed by atoms with Crippen molar-refractivity contribution in [1.82, 2.24) is 0 Å². The van der Waals surface area contributed by atoms with Gasteiger partial charge < -0.3 is 14.5 Å². The molecular weight excluding hydrogens is 350 g/mol. The quantitative estimate of drug-likeness (QED) is 0.354. The van der Waals surface area contributed by atoms with E-state index in [4.69, 9.17) is 9.57 Å². The third kappa shape index (κ3) is 3.69. The number of carbonyl (C=O) groups excluding carboxylic acids is 1. The highest BCUT2D eigenvalue weighted by Crippen LogP contribution is 2.14. The smallest absolute Gasteiger partial charge is 0.399 e. The van der Waals surface area contributed by atoms with E-state index in [1.54, 1.807) is 23.0 Å². The molecule has 1 aromatic heterocycles. The van der Waals surface area contributed by atoms with Gasteiger partial charge in [-0.25, -0.2) is 4.79 Å². The zero-order valence-corrected chi connectivity index (χ0v) is 15.1. The second-order valence-electron chi connectivity index (χ2n) is 6.10. The van der Waals surface area contributed by atoms with E-state index in [9.17, 15) is 14.4 Å². The van der Waals surface area contributed by atoms with E-state index in [0.717, 1.165) is 5.69 Å². The van der Waals surface area contributed by atoms with Crippen molar-refractivity contribution in [2.24, 2.45) is 5.16 Å². The predicted octanol–water partition coefficient (Wildman–Crippen LogP) is -0.143. The third-order valence-corrected chi connectivity index (χ3v) is 4.09. The molecule has 0 saturated heterocycles. The fourth-order valence-electron chi connectivity index (χ4n) is 2.60. The highest BCUT2D eigenvalue weighted by molar-refractivity contribution is 5.84. The molecule has 138 valence electrons. The van der Waals surface area contributed by atoms with Crippen LogP contribution in [0.1, 0.15) is 0 Å². The highest BCUT2D eigenvalue weighted by atomic mass is 16.7. The molecule has 3 rings (SSSR count). The fraction of sp³-hybridized carbons (Fsp3) is 0.211. The lowest BCUT2D eigenvalue weighted by molar-refractivity contribution is -0.685.